The summed E-state index contributed by atoms with van der Waals surface area (Å²) in [6, 6.07) is 7.45. The Kier molecular flexibility index (Phi) is 5.24. The first kappa shape index (κ1) is 20.9. The first-order valence-electron chi connectivity index (χ1n) is 9.52. The first-order chi connectivity index (χ1) is 15.3. The van der Waals surface area contributed by atoms with Crippen LogP contribution >= 0.6 is 0 Å². The molecule has 2 aliphatic heterocycles. The molecule has 10 nitrogen and oxygen atoms in total. The number of aromatic nitrogens is 1. The summed E-state index contributed by atoms with van der Waals surface area (Å²) < 4.78 is 9.78. The smallest absolute Gasteiger partial charge is 0.356 e. The van der Waals surface area contributed by atoms with Crippen LogP contribution in [0.25, 0.3) is 0 Å². The van der Waals surface area contributed by atoms with Crippen LogP contribution < -0.4 is 15.4 Å². The summed E-state index contributed by atoms with van der Waals surface area (Å²) in [7, 11) is 2.76. The fraction of sp³-hybridized carbons (Fsp3) is 0.227. The van der Waals surface area contributed by atoms with Gasteiger partial charge in [0.2, 0.25) is 5.54 Å². The lowest BCUT2D eigenvalue weighted by Gasteiger charge is -2.26. The van der Waals surface area contributed by atoms with E-state index in [2.05, 4.69) is 32.2 Å². The summed E-state index contributed by atoms with van der Waals surface area (Å²) in [5.74, 6) is 4.58. The maximum atomic E-state index is 12.9. The van der Waals surface area contributed by atoms with E-state index in [-0.39, 0.29) is 24.7 Å². The third-order valence-electron chi connectivity index (χ3n) is 5.14. The average molecular weight is 434 g/mol. The van der Waals surface area contributed by atoms with Gasteiger partial charge in [-0.05, 0) is 29.8 Å². The standard InChI is InChI=1S/C22H18N4O6/c1-31-15-5-4-14-11-26(18(27)16(14)9-15)12-22(20(29)24-21(30)25-22)8-7-13-3-6-17(23-10-13)19(28)32-2/h3-6,9-10H,11-12H2,1-2H3,(H2,24,25,29,30)/t22-/m1/s1. The number of nitrogens with one attached hydrogen (secondary N) is 2. The van der Waals surface area contributed by atoms with Crippen molar-refractivity contribution in [3.8, 4) is 17.6 Å². The van der Waals surface area contributed by atoms with Gasteiger partial charge < -0.3 is 19.7 Å². The van der Waals surface area contributed by atoms with E-state index in [9.17, 15) is 19.2 Å². The molecule has 1 aromatic heterocycles. The van der Waals surface area contributed by atoms with Crippen LogP contribution in [0, 0.1) is 11.8 Å². The zero-order valence-electron chi connectivity index (χ0n) is 17.2. The van der Waals surface area contributed by atoms with E-state index in [0.717, 1.165) is 5.56 Å². The molecule has 4 amide bonds. The molecule has 32 heavy (non-hydrogen) atoms. The first-order valence-corrected chi connectivity index (χ1v) is 9.52. The van der Waals surface area contributed by atoms with Crippen LogP contribution in [-0.2, 0) is 16.1 Å². The van der Waals surface area contributed by atoms with Crippen LogP contribution in [0.2, 0.25) is 0 Å². The molecule has 1 saturated heterocycles. The summed E-state index contributed by atoms with van der Waals surface area (Å²) in [4.78, 5) is 54.4. The predicted molar refractivity (Wildman–Crippen MR) is 110 cm³/mol. The highest BCUT2D eigenvalue weighted by Crippen LogP contribution is 2.28. The van der Waals surface area contributed by atoms with Crippen LogP contribution in [0.1, 0.15) is 32.0 Å². The third-order valence-corrected chi connectivity index (χ3v) is 5.14. The molecule has 2 aromatic rings. The van der Waals surface area contributed by atoms with Crippen molar-refractivity contribution in [2.24, 2.45) is 0 Å². The number of benzene rings is 1. The molecular formula is C22H18N4O6. The lowest BCUT2D eigenvalue weighted by Crippen LogP contribution is -2.54. The predicted octanol–water partition coefficient (Wildman–Crippen LogP) is 0.462. The largest absolute Gasteiger partial charge is 0.497 e. The van der Waals surface area contributed by atoms with Crippen molar-refractivity contribution >= 4 is 23.8 Å². The number of fused-ring (bicyclic) bond motifs is 1. The second kappa shape index (κ2) is 8.03. The highest BCUT2D eigenvalue weighted by atomic mass is 16.5. The highest BCUT2D eigenvalue weighted by molar-refractivity contribution is 6.10. The average Bonchev–Trinajstić information content (AvgIpc) is 3.26. The molecule has 0 unspecified atom stereocenters. The lowest BCUT2D eigenvalue weighted by atomic mass is 9.99. The number of hydrogen-bond donors (Lipinski definition) is 2. The number of hydrogen-bond acceptors (Lipinski definition) is 7. The van der Waals surface area contributed by atoms with Crippen molar-refractivity contribution < 1.29 is 28.7 Å². The Morgan fingerprint density at radius 3 is 2.66 bits per heavy atom. The molecule has 1 fully saturated rings. The number of carbonyl (C=O) groups is 4. The maximum absolute atomic E-state index is 12.9. The molecule has 1 atom stereocenters. The number of imide groups is 1. The molecule has 1 aromatic carbocycles. The number of urea groups is 1. The Morgan fingerprint density at radius 1 is 1.22 bits per heavy atom. The summed E-state index contributed by atoms with van der Waals surface area (Å²) in [5, 5.41) is 4.71. The van der Waals surface area contributed by atoms with Gasteiger partial charge in [-0.25, -0.2) is 14.6 Å². The normalized spacial score (nSPS) is 18.9. The number of ether oxygens (including phenoxy) is 2. The van der Waals surface area contributed by atoms with Crippen molar-refractivity contribution in [1.29, 1.82) is 0 Å². The number of pyridine rings is 1. The molecule has 0 radical (unpaired) electrons. The van der Waals surface area contributed by atoms with E-state index in [1.807, 2.05) is 0 Å². The number of methoxy groups -OCH3 is 2. The van der Waals surface area contributed by atoms with Crippen molar-refractivity contribution in [3.63, 3.8) is 0 Å². The zero-order chi connectivity index (χ0) is 22.9. The van der Waals surface area contributed by atoms with Gasteiger partial charge in [0.25, 0.3) is 11.8 Å². The molecule has 0 aliphatic carbocycles. The van der Waals surface area contributed by atoms with Crippen LogP contribution in [0.5, 0.6) is 5.75 Å². The minimum absolute atomic E-state index is 0.107. The summed E-state index contributed by atoms with van der Waals surface area (Å²) in [5.41, 5.74) is 0.133. The van der Waals surface area contributed by atoms with Gasteiger partial charge in [-0.2, -0.15) is 0 Å². The van der Waals surface area contributed by atoms with Gasteiger partial charge in [-0.1, -0.05) is 17.9 Å². The minimum atomic E-state index is -1.64. The van der Waals surface area contributed by atoms with E-state index in [1.54, 1.807) is 18.2 Å². The molecular weight excluding hydrogens is 416 g/mol. The Bertz CT molecular complexity index is 1200. The molecule has 162 valence electrons. The van der Waals surface area contributed by atoms with E-state index < -0.39 is 23.4 Å². The number of esters is 1. The highest BCUT2D eigenvalue weighted by Gasteiger charge is 2.48. The zero-order valence-corrected chi connectivity index (χ0v) is 17.2. The topological polar surface area (TPSA) is 127 Å². The number of nitrogens with zero attached hydrogens (tertiary/aromatic N) is 2. The van der Waals surface area contributed by atoms with E-state index in [1.165, 1.54) is 37.4 Å². The molecule has 0 spiro atoms. The van der Waals surface area contributed by atoms with Gasteiger partial charge in [0.05, 0.1) is 20.8 Å². The summed E-state index contributed by atoms with van der Waals surface area (Å²) in [6.07, 6.45) is 1.35. The Hall–Kier alpha value is -4.39. The lowest BCUT2D eigenvalue weighted by molar-refractivity contribution is -0.122. The fourth-order valence-electron chi connectivity index (χ4n) is 3.48. The van der Waals surface area contributed by atoms with Crippen LogP contribution in [-0.4, -0.2) is 60.0 Å². The maximum Gasteiger partial charge on any atom is 0.356 e. The van der Waals surface area contributed by atoms with Gasteiger partial charge in [-0.3, -0.25) is 14.9 Å². The van der Waals surface area contributed by atoms with Crippen molar-refractivity contribution in [2.45, 2.75) is 12.1 Å². The summed E-state index contributed by atoms with van der Waals surface area (Å²) >= 11 is 0. The molecule has 4 rings (SSSR count). The number of carbonyl (C=O) groups excluding carboxylic acids is 4. The van der Waals surface area contributed by atoms with E-state index >= 15 is 0 Å². The third kappa shape index (κ3) is 3.72. The molecule has 3 heterocycles. The van der Waals surface area contributed by atoms with Gasteiger partial charge in [-0.15, -0.1) is 0 Å². The Morgan fingerprint density at radius 2 is 2.03 bits per heavy atom. The van der Waals surface area contributed by atoms with Crippen LogP contribution in [0.4, 0.5) is 4.79 Å². The molecule has 2 N–H and O–H groups in total. The van der Waals surface area contributed by atoms with Gasteiger partial charge in [0, 0.05) is 23.9 Å². The molecule has 2 aliphatic rings. The minimum Gasteiger partial charge on any atom is -0.497 e. The van der Waals surface area contributed by atoms with Gasteiger partial charge in [0.1, 0.15) is 11.4 Å². The number of rotatable bonds is 4. The molecule has 10 heteroatoms. The second-order valence-electron chi connectivity index (χ2n) is 7.17. The fourth-order valence-corrected chi connectivity index (χ4v) is 3.48. The second-order valence-corrected chi connectivity index (χ2v) is 7.17. The monoisotopic (exact) mass is 434 g/mol. The van der Waals surface area contributed by atoms with Gasteiger partial charge >= 0.3 is 12.0 Å². The van der Waals surface area contributed by atoms with Crippen molar-refractivity contribution in [2.75, 3.05) is 20.8 Å². The van der Waals surface area contributed by atoms with Crippen LogP contribution in [0.15, 0.2) is 36.5 Å². The van der Waals surface area contributed by atoms with E-state index in [4.69, 9.17) is 4.74 Å². The SMILES string of the molecule is COC(=O)c1ccc(C#C[C@]2(CN3Cc4ccc(OC)cc4C3=O)NC(=O)NC2=O)cn1. The molecule has 0 bridgehead atoms. The molecule has 0 saturated carbocycles. The van der Waals surface area contributed by atoms with Crippen LogP contribution in [0.3, 0.4) is 0 Å². The van der Waals surface area contributed by atoms with Gasteiger partial charge in [0.15, 0.2) is 0 Å². The van der Waals surface area contributed by atoms with E-state index in [0.29, 0.717) is 16.9 Å². The van der Waals surface area contributed by atoms with Crippen molar-refractivity contribution in [1.82, 2.24) is 20.5 Å². The summed E-state index contributed by atoms with van der Waals surface area (Å²) in [6.45, 7) is 0.112. The quantitative estimate of drug-likeness (QED) is 0.407. The Labute approximate surface area is 182 Å². The number of amides is 4. The van der Waals surface area contributed by atoms with Crippen molar-refractivity contribution in [3.05, 3.63) is 58.9 Å². The Balaban J connectivity index is 1.61.